The molecule has 0 atom stereocenters. The van der Waals surface area contributed by atoms with Crippen molar-refractivity contribution in [3.05, 3.63) is 86.7 Å². The zero-order valence-electron chi connectivity index (χ0n) is 24.1. The minimum Gasteiger partial charge on any atom is -0.457 e. The minimum absolute atomic E-state index is 0.0697. The van der Waals surface area contributed by atoms with Crippen LogP contribution in [0.5, 0.6) is 0 Å². The first-order valence-electron chi connectivity index (χ1n) is 13.9. The van der Waals surface area contributed by atoms with Crippen molar-refractivity contribution in [1.82, 2.24) is 14.8 Å². The number of pyridine rings is 1. The number of carbonyl (C=O) groups excluding carboxylic acids is 3. The van der Waals surface area contributed by atoms with Crippen molar-refractivity contribution in [2.75, 3.05) is 13.1 Å². The number of benzene rings is 2. The second-order valence-electron chi connectivity index (χ2n) is 11.6. The highest BCUT2D eigenvalue weighted by Gasteiger charge is 2.40. The molecule has 0 aliphatic carbocycles. The van der Waals surface area contributed by atoms with Crippen molar-refractivity contribution in [1.29, 1.82) is 0 Å². The van der Waals surface area contributed by atoms with E-state index < -0.39 is 11.6 Å². The van der Waals surface area contributed by atoms with E-state index in [0.29, 0.717) is 70.6 Å². The SMILES string of the molecule is Cc1nc2c(c(-c3ccc(Cl)cc3Cl)c1C(=O)OCc1ccccc1)C(=O)N(C1CCN(C(=O)OC(C)(C)C)CC1)C2. The third-order valence-electron chi connectivity index (χ3n) is 7.42. The Morgan fingerprint density at radius 1 is 1.02 bits per heavy atom. The lowest BCUT2D eigenvalue weighted by Crippen LogP contribution is -2.48. The molecule has 5 rings (SSSR count). The molecule has 220 valence electrons. The summed E-state index contributed by atoms with van der Waals surface area (Å²) in [5, 5.41) is 0.744. The van der Waals surface area contributed by atoms with Crippen molar-refractivity contribution in [2.45, 2.75) is 65.3 Å². The molecule has 8 nitrogen and oxygen atoms in total. The fourth-order valence-electron chi connectivity index (χ4n) is 5.47. The van der Waals surface area contributed by atoms with Crippen molar-refractivity contribution in [2.24, 2.45) is 0 Å². The number of amides is 2. The molecule has 2 amide bonds. The maximum atomic E-state index is 14.1. The number of halogens is 2. The molecule has 2 aromatic carbocycles. The van der Waals surface area contributed by atoms with Crippen molar-refractivity contribution < 1.29 is 23.9 Å². The molecule has 3 aromatic rings. The molecule has 0 radical (unpaired) electrons. The predicted molar refractivity (Wildman–Crippen MR) is 161 cm³/mol. The topological polar surface area (TPSA) is 89.0 Å². The Morgan fingerprint density at radius 2 is 1.71 bits per heavy atom. The quantitative estimate of drug-likeness (QED) is 0.287. The second kappa shape index (κ2) is 11.9. The van der Waals surface area contributed by atoms with Gasteiger partial charge in [-0.1, -0.05) is 59.6 Å². The van der Waals surface area contributed by atoms with Gasteiger partial charge in [0.15, 0.2) is 0 Å². The average Bonchev–Trinajstić information content (AvgIpc) is 3.26. The number of aromatic nitrogens is 1. The van der Waals surface area contributed by atoms with Crippen LogP contribution in [0.1, 0.15) is 71.3 Å². The Morgan fingerprint density at radius 3 is 2.36 bits per heavy atom. The van der Waals surface area contributed by atoms with E-state index in [-0.39, 0.29) is 30.2 Å². The van der Waals surface area contributed by atoms with Crippen LogP contribution in [0.15, 0.2) is 48.5 Å². The van der Waals surface area contributed by atoms with Gasteiger partial charge in [0.1, 0.15) is 12.2 Å². The Kier molecular flexibility index (Phi) is 8.49. The highest BCUT2D eigenvalue weighted by Crippen LogP contribution is 2.41. The lowest BCUT2D eigenvalue weighted by atomic mass is 9.92. The van der Waals surface area contributed by atoms with Gasteiger partial charge in [-0.25, -0.2) is 9.59 Å². The molecule has 0 spiro atoms. The Hall–Kier alpha value is -3.62. The van der Waals surface area contributed by atoms with Gasteiger partial charge in [0.05, 0.1) is 29.1 Å². The smallest absolute Gasteiger partial charge is 0.410 e. The molecule has 1 saturated heterocycles. The minimum atomic E-state index is -0.593. The highest BCUT2D eigenvalue weighted by molar-refractivity contribution is 6.37. The third-order valence-corrected chi connectivity index (χ3v) is 7.97. The van der Waals surface area contributed by atoms with E-state index >= 15 is 0 Å². The third kappa shape index (κ3) is 6.25. The summed E-state index contributed by atoms with van der Waals surface area (Å²) in [6, 6.07) is 14.2. The fraction of sp³-hybridized carbons (Fsp3) is 0.375. The number of fused-ring (bicyclic) bond motifs is 1. The van der Waals surface area contributed by atoms with Gasteiger partial charge in [-0.3, -0.25) is 9.78 Å². The van der Waals surface area contributed by atoms with E-state index in [4.69, 9.17) is 37.7 Å². The molecule has 1 fully saturated rings. The van der Waals surface area contributed by atoms with E-state index in [0.717, 1.165) is 5.56 Å². The number of rotatable bonds is 5. The molecule has 3 heterocycles. The van der Waals surface area contributed by atoms with Crippen LogP contribution in [0.3, 0.4) is 0 Å². The Balaban J connectivity index is 1.46. The normalized spacial score (nSPS) is 15.5. The molecular formula is C32H33Cl2N3O5. The van der Waals surface area contributed by atoms with Gasteiger partial charge >= 0.3 is 12.1 Å². The lowest BCUT2D eigenvalue weighted by molar-refractivity contribution is 0.0148. The summed E-state index contributed by atoms with van der Waals surface area (Å²) in [6.07, 6.45) is 0.842. The van der Waals surface area contributed by atoms with Gasteiger partial charge < -0.3 is 19.3 Å². The number of nitrogens with zero attached hydrogens (tertiary/aromatic N) is 3. The highest BCUT2D eigenvalue weighted by atomic mass is 35.5. The van der Waals surface area contributed by atoms with Gasteiger partial charge in [0.2, 0.25) is 0 Å². The van der Waals surface area contributed by atoms with E-state index in [2.05, 4.69) is 0 Å². The van der Waals surface area contributed by atoms with Crippen LogP contribution >= 0.6 is 23.2 Å². The molecule has 1 aromatic heterocycles. The number of aryl methyl sites for hydroxylation is 1. The molecule has 10 heteroatoms. The van der Waals surface area contributed by atoms with Crippen molar-refractivity contribution in [3.63, 3.8) is 0 Å². The summed E-state index contributed by atoms with van der Waals surface area (Å²) in [7, 11) is 0. The zero-order chi connectivity index (χ0) is 30.2. The lowest BCUT2D eigenvalue weighted by Gasteiger charge is -2.37. The maximum absolute atomic E-state index is 14.1. The number of hydrogen-bond acceptors (Lipinski definition) is 6. The summed E-state index contributed by atoms with van der Waals surface area (Å²) in [5.74, 6) is -0.823. The van der Waals surface area contributed by atoms with Crippen LogP contribution in [0.25, 0.3) is 11.1 Å². The van der Waals surface area contributed by atoms with Crippen LogP contribution in [0, 0.1) is 6.92 Å². The first-order valence-corrected chi connectivity index (χ1v) is 14.7. The molecule has 42 heavy (non-hydrogen) atoms. The largest absolute Gasteiger partial charge is 0.457 e. The Bertz CT molecular complexity index is 1530. The van der Waals surface area contributed by atoms with E-state index in [1.165, 1.54) is 0 Å². The van der Waals surface area contributed by atoms with E-state index in [1.807, 2.05) is 51.1 Å². The van der Waals surface area contributed by atoms with E-state index in [1.54, 1.807) is 34.9 Å². The van der Waals surface area contributed by atoms with Crippen molar-refractivity contribution >= 4 is 41.2 Å². The van der Waals surface area contributed by atoms with Gasteiger partial charge in [0.25, 0.3) is 5.91 Å². The van der Waals surface area contributed by atoms with Crippen LogP contribution in [-0.4, -0.2) is 57.5 Å². The first kappa shape index (κ1) is 29.9. The van der Waals surface area contributed by atoms with Crippen LogP contribution in [-0.2, 0) is 22.6 Å². The molecule has 2 aliphatic rings. The average molecular weight is 611 g/mol. The maximum Gasteiger partial charge on any atom is 0.410 e. The van der Waals surface area contributed by atoms with Crippen LogP contribution < -0.4 is 0 Å². The molecule has 2 aliphatic heterocycles. The molecule has 0 N–H and O–H groups in total. The standard InChI is InChI=1S/C32H33Cl2N3O5/c1-19-26(30(39)41-18-20-8-6-5-7-9-20)27(23-11-10-21(33)16-24(23)34)28-25(35-19)17-37(29(28)38)22-12-14-36(15-13-22)31(40)42-32(2,3)4/h5-11,16,22H,12-15,17-18H2,1-4H3. The predicted octanol–water partition coefficient (Wildman–Crippen LogP) is 7.08. The summed E-state index contributed by atoms with van der Waals surface area (Å²) >= 11 is 12.9. The molecule has 0 unspecified atom stereocenters. The summed E-state index contributed by atoms with van der Waals surface area (Å²) in [4.78, 5) is 48.5. The number of piperidine rings is 1. The van der Waals surface area contributed by atoms with Crippen LogP contribution in [0.2, 0.25) is 10.0 Å². The summed E-state index contributed by atoms with van der Waals surface area (Å²) < 4.78 is 11.2. The zero-order valence-corrected chi connectivity index (χ0v) is 25.6. The molecule has 0 saturated carbocycles. The van der Waals surface area contributed by atoms with Gasteiger partial charge in [0, 0.05) is 40.3 Å². The van der Waals surface area contributed by atoms with Gasteiger partial charge in [-0.2, -0.15) is 0 Å². The number of ether oxygens (including phenoxy) is 2. The number of hydrogen-bond donors (Lipinski definition) is 0. The molecular weight excluding hydrogens is 577 g/mol. The summed E-state index contributed by atoms with van der Waals surface area (Å²) in [6.45, 7) is 8.55. The molecule has 0 bridgehead atoms. The van der Waals surface area contributed by atoms with Crippen LogP contribution in [0.4, 0.5) is 4.79 Å². The monoisotopic (exact) mass is 609 g/mol. The van der Waals surface area contributed by atoms with E-state index in [9.17, 15) is 14.4 Å². The van der Waals surface area contributed by atoms with Gasteiger partial charge in [-0.05, 0) is 58.2 Å². The first-order chi connectivity index (χ1) is 19.9. The number of likely N-dealkylation sites (tertiary alicyclic amines) is 1. The van der Waals surface area contributed by atoms with Gasteiger partial charge in [-0.15, -0.1) is 0 Å². The second-order valence-corrected chi connectivity index (χ2v) is 12.4. The Labute approximate surface area is 255 Å². The summed E-state index contributed by atoms with van der Waals surface area (Å²) in [5.41, 5.74) is 2.72. The number of carbonyl (C=O) groups is 3. The van der Waals surface area contributed by atoms with Crippen molar-refractivity contribution in [3.8, 4) is 11.1 Å². The number of esters is 1. The fourth-order valence-corrected chi connectivity index (χ4v) is 5.98.